The van der Waals surface area contributed by atoms with Crippen LogP contribution >= 0.6 is 11.6 Å². The molecule has 0 saturated carbocycles. The van der Waals surface area contributed by atoms with Gasteiger partial charge in [-0.2, -0.15) is 0 Å². The Kier molecular flexibility index (Phi) is 4.55. The molecule has 0 bridgehead atoms. The van der Waals surface area contributed by atoms with Crippen molar-refractivity contribution < 1.29 is 4.79 Å². The number of fused-ring (bicyclic) bond motifs is 1. The first kappa shape index (κ1) is 16.9. The van der Waals surface area contributed by atoms with Gasteiger partial charge in [0, 0.05) is 30.7 Å². The fraction of sp³-hybridized carbons (Fsp3) is 0.300. The Hall–Kier alpha value is -2.53. The Morgan fingerprint density at radius 2 is 1.88 bits per heavy atom. The maximum atomic E-state index is 12.9. The number of aryl methyl sites for hydroxylation is 1. The average molecular weight is 369 g/mol. The van der Waals surface area contributed by atoms with Crippen molar-refractivity contribution in [3.63, 3.8) is 0 Å². The van der Waals surface area contributed by atoms with E-state index in [1.807, 2.05) is 25.1 Å². The summed E-state index contributed by atoms with van der Waals surface area (Å²) in [6.45, 7) is 4.20. The highest BCUT2D eigenvalue weighted by molar-refractivity contribution is 6.30. The number of rotatable bonds is 4. The lowest BCUT2D eigenvalue weighted by Crippen LogP contribution is -2.18. The number of amides is 1. The number of imidazole rings is 1. The van der Waals surface area contributed by atoms with E-state index in [2.05, 4.69) is 27.3 Å². The molecule has 0 unspecified atom stereocenters. The number of nitrogens with zero attached hydrogens (tertiary/aromatic N) is 3. The summed E-state index contributed by atoms with van der Waals surface area (Å²) in [6.07, 6.45) is 4.90. The highest BCUT2D eigenvalue weighted by atomic mass is 35.5. The van der Waals surface area contributed by atoms with Crippen molar-refractivity contribution in [3.05, 3.63) is 59.0 Å². The van der Waals surface area contributed by atoms with Crippen LogP contribution in [0.4, 0.5) is 11.4 Å². The summed E-state index contributed by atoms with van der Waals surface area (Å²) >= 11 is 6.10. The number of hydrogen-bond donors (Lipinski definition) is 1. The SMILES string of the molecule is CCc1nc2ccc(Cl)cn2c1C(=O)Nc1ccc(N2CCCC2)cc1. The molecule has 26 heavy (non-hydrogen) atoms. The minimum atomic E-state index is -0.175. The van der Waals surface area contributed by atoms with Gasteiger partial charge in [-0.1, -0.05) is 18.5 Å². The van der Waals surface area contributed by atoms with Gasteiger partial charge in [-0.05, 0) is 55.7 Å². The second-order valence-electron chi connectivity index (χ2n) is 6.53. The second-order valence-corrected chi connectivity index (χ2v) is 6.97. The molecule has 1 aromatic carbocycles. The molecule has 5 nitrogen and oxygen atoms in total. The Bertz CT molecular complexity index is 942. The van der Waals surface area contributed by atoms with Gasteiger partial charge in [-0.3, -0.25) is 9.20 Å². The van der Waals surface area contributed by atoms with Crippen molar-refractivity contribution >= 4 is 34.5 Å². The van der Waals surface area contributed by atoms with Crippen molar-refractivity contribution in [1.29, 1.82) is 0 Å². The van der Waals surface area contributed by atoms with Crippen LogP contribution in [0, 0.1) is 0 Å². The zero-order chi connectivity index (χ0) is 18.1. The summed E-state index contributed by atoms with van der Waals surface area (Å²) < 4.78 is 1.76. The summed E-state index contributed by atoms with van der Waals surface area (Å²) in [5.74, 6) is -0.175. The molecule has 6 heteroatoms. The van der Waals surface area contributed by atoms with Crippen LogP contribution in [-0.4, -0.2) is 28.4 Å². The van der Waals surface area contributed by atoms with E-state index >= 15 is 0 Å². The Morgan fingerprint density at radius 1 is 1.15 bits per heavy atom. The van der Waals surface area contributed by atoms with Crippen molar-refractivity contribution in [2.24, 2.45) is 0 Å². The van der Waals surface area contributed by atoms with Crippen LogP contribution in [-0.2, 0) is 6.42 Å². The zero-order valence-electron chi connectivity index (χ0n) is 14.7. The molecule has 0 radical (unpaired) electrons. The summed E-state index contributed by atoms with van der Waals surface area (Å²) in [4.78, 5) is 19.8. The number of halogens is 1. The molecule has 134 valence electrons. The number of carbonyl (C=O) groups excluding carboxylic acids is 1. The van der Waals surface area contributed by atoms with Crippen LogP contribution < -0.4 is 10.2 Å². The second kappa shape index (κ2) is 7.00. The number of anilines is 2. The molecule has 1 saturated heterocycles. The molecule has 0 atom stereocenters. The zero-order valence-corrected chi connectivity index (χ0v) is 15.5. The summed E-state index contributed by atoms with van der Waals surface area (Å²) in [5.41, 5.74) is 4.00. The van der Waals surface area contributed by atoms with Gasteiger partial charge in [0.05, 0.1) is 10.7 Å². The predicted octanol–water partition coefficient (Wildman–Crippen LogP) is 4.40. The van der Waals surface area contributed by atoms with E-state index in [1.165, 1.54) is 18.5 Å². The molecule has 1 amide bonds. The van der Waals surface area contributed by atoms with Crippen molar-refractivity contribution in [1.82, 2.24) is 9.38 Å². The third-order valence-corrected chi connectivity index (χ3v) is 5.02. The Balaban J connectivity index is 1.60. The molecule has 1 aliphatic rings. The van der Waals surface area contributed by atoms with Gasteiger partial charge in [0.15, 0.2) is 0 Å². The lowest BCUT2D eigenvalue weighted by atomic mass is 10.2. The van der Waals surface area contributed by atoms with E-state index in [1.54, 1.807) is 16.7 Å². The molecular weight excluding hydrogens is 348 g/mol. The minimum absolute atomic E-state index is 0.175. The molecule has 4 rings (SSSR count). The van der Waals surface area contributed by atoms with Gasteiger partial charge in [0.25, 0.3) is 5.91 Å². The summed E-state index contributed by atoms with van der Waals surface area (Å²) in [5, 5.41) is 3.56. The van der Waals surface area contributed by atoms with Gasteiger partial charge >= 0.3 is 0 Å². The number of hydrogen-bond acceptors (Lipinski definition) is 3. The summed E-state index contributed by atoms with van der Waals surface area (Å²) in [6, 6.07) is 11.6. The van der Waals surface area contributed by atoms with Gasteiger partial charge < -0.3 is 10.2 Å². The van der Waals surface area contributed by atoms with E-state index in [4.69, 9.17) is 11.6 Å². The van der Waals surface area contributed by atoms with Gasteiger partial charge in [0.2, 0.25) is 0 Å². The molecule has 1 aliphatic heterocycles. The van der Waals surface area contributed by atoms with Crippen LogP contribution in [0.1, 0.15) is 35.9 Å². The van der Waals surface area contributed by atoms with Crippen LogP contribution in [0.2, 0.25) is 5.02 Å². The van der Waals surface area contributed by atoms with Crippen molar-refractivity contribution in [3.8, 4) is 0 Å². The van der Waals surface area contributed by atoms with Gasteiger partial charge in [0.1, 0.15) is 11.3 Å². The number of pyridine rings is 1. The minimum Gasteiger partial charge on any atom is -0.372 e. The molecule has 2 aromatic heterocycles. The first-order valence-corrected chi connectivity index (χ1v) is 9.36. The third-order valence-electron chi connectivity index (χ3n) is 4.80. The number of benzene rings is 1. The van der Waals surface area contributed by atoms with Crippen LogP contribution in [0.15, 0.2) is 42.6 Å². The molecular formula is C20H21ClN4O. The Morgan fingerprint density at radius 3 is 2.58 bits per heavy atom. The van der Waals surface area contributed by atoms with Gasteiger partial charge in [-0.25, -0.2) is 4.98 Å². The highest BCUT2D eigenvalue weighted by Gasteiger charge is 2.19. The molecule has 1 N–H and O–H groups in total. The normalized spacial score (nSPS) is 14.2. The smallest absolute Gasteiger partial charge is 0.274 e. The van der Waals surface area contributed by atoms with Crippen molar-refractivity contribution in [2.45, 2.75) is 26.2 Å². The van der Waals surface area contributed by atoms with E-state index in [9.17, 15) is 4.79 Å². The van der Waals surface area contributed by atoms with Crippen LogP contribution in [0.5, 0.6) is 0 Å². The lowest BCUT2D eigenvalue weighted by molar-refractivity contribution is 0.102. The topological polar surface area (TPSA) is 49.6 Å². The van der Waals surface area contributed by atoms with E-state index in [0.29, 0.717) is 17.1 Å². The number of carbonyl (C=O) groups is 1. The maximum Gasteiger partial charge on any atom is 0.274 e. The first-order chi connectivity index (χ1) is 12.7. The van der Waals surface area contributed by atoms with Gasteiger partial charge in [-0.15, -0.1) is 0 Å². The number of aromatic nitrogens is 2. The number of nitrogens with one attached hydrogen (secondary N) is 1. The largest absolute Gasteiger partial charge is 0.372 e. The quantitative estimate of drug-likeness (QED) is 0.742. The van der Waals surface area contributed by atoms with Crippen LogP contribution in [0.3, 0.4) is 0 Å². The molecule has 1 fully saturated rings. The summed E-state index contributed by atoms with van der Waals surface area (Å²) in [7, 11) is 0. The van der Waals surface area contributed by atoms with Crippen LogP contribution in [0.25, 0.3) is 5.65 Å². The maximum absolute atomic E-state index is 12.9. The molecule has 0 spiro atoms. The highest BCUT2D eigenvalue weighted by Crippen LogP contribution is 2.23. The van der Waals surface area contributed by atoms with E-state index < -0.39 is 0 Å². The first-order valence-electron chi connectivity index (χ1n) is 8.98. The monoisotopic (exact) mass is 368 g/mol. The molecule has 3 heterocycles. The lowest BCUT2D eigenvalue weighted by Gasteiger charge is -2.17. The Labute approximate surface area is 157 Å². The van der Waals surface area contributed by atoms with Crippen molar-refractivity contribution in [2.75, 3.05) is 23.3 Å². The molecule has 3 aromatic rings. The fourth-order valence-corrected chi connectivity index (χ4v) is 3.64. The average Bonchev–Trinajstić information content (AvgIpc) is 3.29. The standard InChI is InChI=1S/C20H21ClN4O/c1-2-17-19(25-13-14(21)5-10-18(25)23-17)20(26)22-15-6-8-16(9-7-15)24-11-3-4-12-24/h5-10,13H,2-4,11-12H2,1H3,(H,22,26). The fourth-order valence-electron chi connectivity index (χ4n) is 3.48. The third kappa shape index (κ3) is 3.15. The predicted molar refractivity (Wildman–Crippen MR) is 105 cm³/mol. The van der Waals surface area contributed by atoms with E-state index in [-0.39, 0.29) is 5.91 Å². The van der Waals surface area contributed by atoms with E-state index in [0.717, 1.165) is 30.1 Å². The molecule has 0 aliphatic carbocycles.